The Morgan fingerprint density at radius 3 is 2.84 bits per heavy atom. The van der Waals surface area contributed by atoms with E-state index >= 15 is 0 Å². The summed E-state index contributed by atoms with van der Waals surface area (Å²) in [6, 6.07) is 6.73. The molecule has 1 amide bonds. The molecule has 0 spiro atoms. The van der Waals surface area contributed by atoms with Crippen LogP contribution in [0.5, 0.6) is 0 Å². The fourth-order valence-electron chi connectivity index (χ4n) is 1.67. The van der Waals surface area contributed by atoms with Crippen molar-refractivity contribution >= 4 is 11.9 Å². The molecule has 0 atom stereocenters. The molecule has 19 heavy (non-hydrogen) atoms. The maximum absolute atomic E-state index is 11.4. The van der Waals surface area contributed by atoms with Gasteiger partial charge in [-0.2, -0.15) is 0 Å². The molecule has 1 aromatic carbocycles. The predicted octanol–water partition coefficient (Wildman–Crippen LogP) is 1.47. The van der Waals surface area contributed by atoms with E-state index in [1.807, 2.05) is 6.07 Å². The normalized spacial score (nSPS) is 10.2. The summed E-state index contributed by atoms with van der Waals surface area (Å²) in [5.41, 5.74) is 1.17. The number of hydrogen-bond acceptors (Lipinski definition) is 3. The quantitative estimate of drug-likeness (QED) is 0.698. The van der Waals surface area contributed by atoms with Crippen molar-refractivity contribution in [1.82, 2.24) is 5.32 Å². The number of ether oxygens (including phenoxy) is 1. The first kappa shape index (κ1) is 15.2. The van der Waals surface area contributed by atoms with Crippen LogP contribution in [0.25, 0.3) is 0 Å². The number of carbonyl (C=O) groups excluding carboxylic acids is 1. The van der Waals surface area contributed by atoms with E-state index in [1.54, 1.807) is 25.3 Å². The molecule has 5 heteroatoms. The molecule has 0 saturated carbocycles. The van der Waals surface area contributed by atoms with Gasteiger partial charge in [0.1, 0.15) is 0 Å². The molecule has 0 aliphatic rings. The highest BCUT2D eigenvalue weighted by Gasteiger charge is 2.04. The molecule has 0 bridgehead atoms. The summed E-state index contributed by atoms with van der Waals surface area (Å²) in [6.45, 7) is 1.09. The Labute approximate surface area is 112 Å². The average molecular weight is 265 g/mol. The van der Waals surface area contributed by atoms with Crippen molar-refractivity contribution in [2.75, 3.05) is 20.3 Å². The third-order valence-electron chi connectivity index (χ3n) is 2.66. The van der Waals surface area contributed by atoms with Crippen LogP contribution in [-0.4, -0.2) is 37.2 Å². The van der Waals surface area contributed by atoms with E-state index in [4.69, 9.17) is 9.84 Å². The number of carboxylic acids is 1. The fraction of sp³-hybridized carbons (Fsp3) is 0.429. The summed E-state index contributed by atoms with van der Waals surface area (Å²) in [5.74, 6) is -0.947. The number of carboxylic acid groups (broad SMARTS) is 1. The molecule has 0 saturated heterocycles. The highest BCUT2D eigenvalue weighted by molar-refractivity contribution is 5.87. The molecule has 2 N–H and O–H groups in total. The summed E-state index contributed by atoms with van der Waals surface area (Å²) >= 11 is 0. The molecule has 0 heterocycles. The number of methoxy groups -OCH3 is 1. The van der Waals surface area contributed by atoms with E-state index in [1.165, 1.54) is 0 Å². The van der Waals surface area contributed by atoms with Gasteiger partial charge in [-0.3, -0.25) is 4.79 Å². The third kappa shape index (κ3) is 6.01. The molecule has 1 aromatic rings. The Bertz CT molecular complexity index is 431. The minimum Gasteiger partial charge on any atom is -0.478 e. The van der Waals surface area contributed by atoms with Crippen molar-refractivity contribution in [3.05, 3.63) is 35.4 Å². The van der Waals surface area contributed by atoms with Crippen molar-refractivity contribution in [1.29, 1.82) is 0 Å². The molecule has 1 rings (SSSR count). The van der Waals surface area contributed by atoms with E-state index < -0.39 is 5.97 Å². The Morgan fingerprint density at radius 1 is 1.37 bits per heavy atom. The van der Waals surface area contributed by atoms with Crippen molar-refractivity contribution in [2.45, 2.75) is 19.3 Å². The van der Waals surface area contributed by atoms with Gasteiger partial charge in [0.2, 0.25) is 5.91 Å². The molecule has 0 radical (unpaired) electrons. The summed E-state index contributed by atoms with van der Waals surface area (Å²) in [7, 11) is 1.60. The number of benzene rings is 1. The lowest BCUT2D eigenvalue weighted by molar-refractivity contribution is -0.121. The first-order chi connectivity index (χ1) is 9.13. The second-order valence-corrected chi connectivity index (χ2v) is 4.20. The first-order valence-electron chi connectivity index (χ1n) is 6.21. The van der Waals surface area contributed by atoms with Gasteiger partial charge in [-0.05, 0) is 30.5 Å². The van der Waals surface area contributed by atoms with E-state index in [-0.39, 0.29) is 11.5 Å². The van der Waals surface area contributed by atoms with Gasteiger partial charge in [-0.1, -0.05) is 12.1 Å². The molecular weight excluding hydrogens is 246 g/mol. The van der Waals surface area contributed by atoms with E-state index in [2.05, 4.69) is 5.32 Å². The lowest BCUT2D eigenvalue weighted by Gasteiger charge is -2.06. The van der Waals surface area contributed by atoms with Crippen LogP contribution in [0.3, 0.4) is 0 Å². The van der Waals surface area contributed by atoms with Crippen LogP contribution in [0.4, 0.5) is 0 Å². The van der Waals surface area contributed by atoms with Gasteiger partial charge in [0.25, 0.3) is 0 Å². The topological polar surface area (TPSA) is 75.6 Å². The summed E-state index contributed by atoms with van der Waals surface area (Å²) in [6.07, 6.45) is 1.77. The Hall–Kier alpha value is -1.88. The Kier molecular flexibility index (Phi) is 6.60. The standard InChI is InChI=1S/C14H19NO4/c1-19-9-3-6-13(16)15-8-7-11-4-2-5-12(10-11)14(17)18/h2,4-5,10H,3,6-9H2,1H3,(H,15,16)(H,17,18). The minimum absolute atomic E-state index is 0.00793. The van der Waals surface area contributed by atoms with Crippen LogP contribution in [0, 0.1) is 0 Å². The molecule has 0 aromatic heterocycles. The largest absolute Gasteiger partial charge is 0.478 e. The number of amides is 1. The Morgan fingerprint density at radius 2 is 2.16 bits per heavy atom. The van der Waals surface area contributed by atoms with Crippen LogP contribution in [0.2, 0.25) is 0 Å². The zero-order valence-electron chi connectivity index (χ0n) is 11.0. The van der Waals surface area contributed by atoms with E-state index in [9.17, 15) is 9.59 Å². The maximum Gasteiger partial charge on any atom is 0.335 e. The highest BCUT2D eigenvalue weighted by Crippen LogP contribution is 2.05. The molecule has 0 aliphatic heterocycles. The molecule has 0 fully saturated rings. The van der Waals surface area contributed by atoms with Gasteiger partial charge in [0.15, 0.2) is 0 Å². The molecule has 5 nitrogen and oxygen atoms in total. The summed E-state index contributed by atoms with van der Waals surface area (Å²) < 4.78 is 4.87. The molecular formula is C14H19NO4. The molecule has 0 aliphatic carbocycles. The van der Waals surface area contributed by atoms with Crippen LogP contribution >= 0.6 is 0 Å². The van der Waals surface area contributed by atoms with Gasteiger partial charge in [0.05, 0.1) is 5.56 Å². The number of nitrogens with one attached hydrogen (secondary N) is 1. The monoisotopic (exact) mass is 265 g/mol. The second-order valence-electron chi connectivity index (χ2n) is 4.20. The fourth-order valence-corrected chi connectivity index (χ4v) is 1.67. The van der Waals surface area contributed by atoms with Crippen LogP contribution in [-0.2, 0) is 16.0 Å². The zero-order valence-corrected chi connectivity index (χ0v) is 11.0. The first-order valence-corrected chi connectivity index (χ1v) is 6.21. The summed E-state index contributed by atoms with van der Waals surface area (Å²) in [4.78, 5) is 22.2. The van der Waals surface area contributed by atoms with Crippen LogP contribution in [0.1, 0.15) is 28.8 Å². The predicted molar refractivity (Wildman–Crippen MR) is 71.2 cm³/mol. The smallest absolute Gasteiger partial charge is 0.335 e. The average Bonchev–Trinajstić information content (AvgIpc) is 2.39. The third-order valence-corrected chi connectivity index (χ3v) is 2.66. The number of carbonyl (C=O) groups is 2. The molecule has 0 unspecified atom stereocenters. The SMILES string of the molecule is COCCCC(=O)NCCc1cccc(C(=O)O)c1. The van der Waals surface area contributed by atoms with Gasteiger partial charge in [-0.15, -0.1) is 0 Å². The van der Waals surface area contributed by atoms with E-state index in [0.29, 0.717) is 32.4 Å². The number of aromatic carboxylic acids is 1. The van der Waals surface area contributed by atoms with Crippen molar-refractivity contribution in [2.24, 2.45) is 0 Å². The van der Waals surface area contributed by atoms with Gasteiger partial charge < -0.3 is 15.2 Å². The van der Waals surface area contributed by atoms with Crippen LogP contribution < -0.4 is 5.32 Å². The van der Waals surface area contributed by atoms with Gasteiger partial charge in [0, 0.05) is 26.7 Å². The highest BCUT2D eigenvalue weighted by atomic mass is 16.5. The maximum atomic E-state index is 11.4. The zero-order chi connectivity index (χ0) is 14.1. The van der Waals surface area contributed by atoms with Crippen molar-refractivity contribution in [3.8, 4) is 0 Å². The lowest BCUT2D eigenvalue weighted by atomic mass is 10.1. The minimum atomic E-state index is -0.939. The van der Waals surface area contributed by atoms with Crippen LogP contribution in [0.15, 0.2) is 24.3 Å². The second kappa shape index (κ2) is 8.26. The van der Waals surface area contributed by atoms with Crippen molar-refractivity contribution in [3.63, 3.8) is 0 Å². The van der Waals surface area contributed by atoms with Gasteiger partial charge >= 0.3 is 5.97 Å². The van der Waals surface area contributed by atoms with Gasteiger partial charge in [-0.25, -0.2) is 4.79 Å². The Balaban J connectivity index is 2.31. The van der Waals surface area contributed by atoms with Crippen molar-refractivity contribution < 1.29 is 19.4 Å². The van der Waals surface area contributed by atoms with E-state index in [0.717, 1.165) is 5.56 Å². The number of rotatable bonds is 8. The molecule has 104 valence electrons. The number of hydrogen-bond donors (Lipinski definition) is 2. The lowest BCUT2D eigenvalue weighted by Crippen LogP contribution is -2.25. The summed E-state index contributed by atoms with van der Waals surface area (Å²) in [5, 5.41) is 11.7.